The number of thiophene rings is 2. The van der Waals surface area contributed by atoms with Gasteiger partial charge in [0, 0.05) is 11.1 Å². The van der Waals surface area contributed by atoms with Crippen LogP contribution in [0.4, 0.5) is 0 Å². The molecule has 0 fully saturated rings. The summed E-state index contributed by atoms with van der Waals surface area (Å²) in [5.41, 5.74) is 7.28. The van der Waals surface area contributed by atoms with Crippen LogP contribution in [0.5, 0.6) is 0 Å². The maximum atomic E-state index is 12.2. The Bertz CT molecular complexity index is 535. The lowest BCUT2D eigenvalue weighted by Crippen LogP contribution is -2.26. The third kappa shape index (κ3) is 1.72. The van der Waals surface area contributed by atoms with Gasteiger partial charge in [0.05, 0.1) is 9.75 Å². The minimum Gasteiger partial charge on any atom is -0.615 e. The molecule has 2 N–H and O–H groups in total. The van der Waals surface area contributed by atoms with Crippen LogP contribution in [0.15, 0.2) is 22.9 Å². The molecule has 2 aromatic rings. The van der Waals surface area contributed by atoms with Crippen LogP contribution in [0.1, 0.15) is 16.4 Å². The molecule has 0 aliphatic heterocycles. The van der Waals surface area contributed by atoms with Crippen LogP contribution in [0.25, 0.3) is 9.75 Å². The molecule has 0 spiro atoms. The minimum atomic E-state index is -1.27. The largest absolute Gasteiger partial charge is 0.615 e. The van der Waals surface area contributed by atoms with Crippen molar-refractivity contribution in [3.8, 4) is 9.75 Å². The molecular weight excluding hydrogens is 274 g/mol. The lowest BCUT2D eigenvalue weighted by Gasteiger charge is -2.16. The van der Waals surface area contributed by atoms with Crippen molar-refractivity contribution in [1.82, 2.24) is 0 Å². The monoisotopic (exact) mass is 283 g/mol. The summed E-state index contributed by atoms with van der Waals surface area (Å²) >= 11 is 2.05. The highest BCUT2D eigenvalue weighted by Crippen LogP contribution is 2.52. The molecule has 0 saturated heterocycles. The van der Waals surface area contributed by atoms with Crippen LogP contribution >= 0.6 is 22.7 Å². The average Bonchev–Trinajstić information content (AvgIpc) is 2.84. The van der Waals surface area contributed by atoms with Crippen LogP contribution in [0, 0.1) is 0 Å². The molecular formula is C11H9NO2S3. The Morgan fingerprint density at radius 3 is 2.29 bits per heavy atom. The molecule has 1 amide bonds. The van der Waals surface area contributed by atoms with Crippen molar-refractivity contribution in [3.63, 3.8) is 0 Å². The second kappa shape index (κ2) is 4.13. The van der Waals surface area contributed by atoms with E-state index in [0.29, 0.717) is 0 Å². The van der Waals surface area contributed by atoms with Crippen molar-refractivity contribution in [1.29, 1.82) is 0 Å². The molecule has 1 unspecified atom stereocenters. The second-order valence-corrected chi connectivity index (χ2v) is 7.14. The first-order valence-electron chi connectivity index (χ1n) is 4.99. The van der Waals surface area contributed by atoms with Gasteiger partial charge in [0.15, 0.2) is 11.0 Å². The Labute approximate surface area is 109 Å². The second-order valence-electron chi connectivity index (χ2n) is 3.78. The summed E-state index contributed by atoms with van der Waals surface area (Å²) in [7, 11) is 0. The van der Waals surface area contributed by atoms with Gasteiger partial charge >= 0.3 is 0 Å². The fraction of sp³-hybridized carbons (Fsp3) is 0.182. The van der Waals surface area contributed by atoms with Crippen LogP contribution in [0.2, 0.25) is 0 Å². The first-order chi connectivity index (χ1) is 8.18. The highest BCUT2D eigenvalue weighted by molar-refractivity contribution is 7.92. The predicted octanol–water partition coefficient (Wildman–Crippen LogP) is 2.11. The molecule has 0 bridgehead atoms. The molecule has 0 radical (unpaired) electrons. The molecule has 2 heterocycles. The third-order valence-corrected chi connectivity index (χ3v) is 6.34. The van der Waals surface area contributed by atoms with Crippen molar-refractivity contribution >= 4 is 39.8 Å². The van der Waals surface area contributed by atoms with Gasteiger partial charge in [0.2, 0.25) is 0 Å². The molecule has 0 aromatic carbocycles. The number of primary amides is 1. The van der Waals surface area contributed by atoms with Crippen molar-refractivity contribution in [3.05, 3.63) is 34.0 Å². The summed E-state index contributed by atoms with van der Waals surface area (Å²) in [4.78, 5) is 13.3. The van der Waals surface area contributed by atoms with Crippen LogP contribution in [0.3, 0.4) is 0 Å². The van der Waals surface area contributed by atoms with Gasteiger partial charge < -0.3 is 10.3 Å². The van der Waals surface area contributed by atoms with Gasteiger partial charge in [-0.05, 0) is 34.1 Å². The van der Waals surface area contributed by atoms with E-state index in [4.69, 9.17) is 5.73 Å². The molecule has 1 atom stereocenters. The predicted molar refractivity (Wildman–Crippen MR) is 71.7 cm³/mol. The van der Waals surface area contributed by atoms with E-state index in [1.807, 2.05) is 22.9 Å². The molecule has 1 aliphatic carbocycles. The van der Waals surface area contributed by atoms with E-state index in [1.54, 1.807) is 22.7 Å². The maximum Gasteiger partial charge on any atom is 0.267 e. The number of carbonyl (C=O) groups is 1. The van der Waals surface area contributed by atoms with Crippen LogP contribution in [-0.4, -0.2) is 16.2 Å². The smallest absolute Gasteiger partial charge is 0.267 e. The van der Waals surface area contributed by atoms with E-state index in [-0.39, 0.29) is 11.0 Å². The number of nitrogens with two attached hydrogens (primary N) is 1. The lowest BCUT2D eigenvalue weighted by atomic mass is 10.2. The molecule has 2 aromatic heterocycles. The van der Waals surface area contributed by atoms with E-state index in [9.17, 15) is 9.35 Å². The molecule has 17 heavy (non-hydrogen) atoms. The van der Waals surface area contributed by atoms with Gasteiger partial charge in [-0.3, -0.25) is 4.79 Å². The van der Waals surface area contributed by atoms with E-state index in [0.717, 1.165) is 11.1 Å². The zero-order valence-electron chi connectivity index (χ0n) is 8.71. The Balaban J connectivity index is 2.04. The number of carbonyl (C=O) groups excluding carboxylic acids is 1. The Kier molecular flexibility index (Phi) is 2.74. The van der Waals surface area contributed by atoms with Gasteiger partial charge in [-0.2, -0.15) is 0 Å². The van der Waals surface area contributed by atoms with Crippen molar-refractivity contribution in [2.75, 3.05) is 5.75 Å². The van der Waals surface area contributed by atoms with Gasteiger partial charge in [0.1, 0.15) is 0 Å². The van der Waals surface area contributed by atoms with Crippen molar-refractivity contribution < 1.29 is 9.35 Å². The SMILES string of the molecule is NC(=O)C[S+]([O-])C1c2ccsc2-c2sccc21. The Morgan fingerprint density at radius 2 is 1.82 bits per heavy atom. The van der Waals surface area contributed by atoms with E-state index in [2.05, 4.69) is 0 Å². The summed E-state index contributed by atoms with van der Waals surface area (Å²) in [5, 5.41) is 3.83. The molecule has 88 valence electrons. The van der Waals surface area contributed by atoms with Gasteiger partial charge in [-0.15, -0.1) is 22.7 Å². The van der Waals surface area contributed by atoms with Gasteiger partial charge in [0.25, 0.3) is 5.91 Å². The Morgan fingerprint density at radius 1 is 1.29 bits per heavy atom. The van der Waals surface area contributed by atoms with Crippen LogP contribution in [-0.2, 0) is 16.0 Å². The molecule has 3 nitrogen and oxygen atoms in total. The number of hydrogen-bond acceptors (Lipinski definition) is 4. The Hall–Kier alpha value is -0.820. The fourth-order valence-corrected chi connectivity index (χ4v) is 5.73. The lowest BCUT2D eigenvalue weighted by molar-refractivity contribution is -0.115. The number of amides is 1. The molecule has 3 rings (SSSR count). The first-order valence-corrected chi connectivity index (χ1v) is 8.13. The first kappa shape index (κ1) is 11.3. The summed E-state index contributed by atoms with van der Waals surface area (Å²) in [6.45, 7) is 0. The number of hydrogen-bond donors (Lipinski definition) is 1. The normalized spacial score (nSPS) is 15.6. The number of fused-ring (bicyclic) bond motifs is 3. The molecule has 1 aliphatic rings. The van der Waals surface area contributed by atoms with Crippen molar-refractivity contribution in [2.24, 2.45) is 5.73 Å². The summed E-state index contributed by atoms with van der Waals surface area (Å²) in [5.74, 6) is -0.585. The number of rotatable bonds is 3. The van der Waals surface area contributed by atoms with Gasteiger partial charge in [-0.25, -0.2) is 0 Å². The molecule has 0 saturated carbocycles. The average molecular weight is 283 g/mol. The topological polar surface area (TPSA) is 66.2 Å². The maximum absolute atomic E-state index is 12.2. The summed E-state index contributed by atoms with van der Waals surface area (Å²) in [6, 6.07) is 3.99. The van der Waals surface area contributed by atoms with E-state index < -0.39 is 17.1 Å². The highest BCUT2D eigenvalue weighted by Gasteiger charge is 2.39. The quantitative estimate of drug-likeness (QED) is 0.877. The summed E-state index contributed by atoms with van der Waals surface area (Å²) < 4.78 is 12.2. The highest BCUT2D eigenvalue weighted by atomic mass is 32.2. The zero-order valence-corrected chi connectivity index (χ0v) is 11.2. The molecule has 6 heteroatoms. The zero-order chi connectivity index (χ0) is 12.0. The van der Waals surface area contributed by atoms with Gasteiger partial charge in [-0.1, -0.05) is 0 Å². The van der Waals surface area contributed by atoms with Crippen molar-refractivity contribution in [2.45, 2.75) is 5.25 Å². The minimum absolute atomic E-state index is 0.0742. The van der Waals surface area contributed by atoms with E-state index in [1.165, 1.54) is 9.75 Å². The standard InChI is InChI=1S/C11H9NO2S3/c12-8(13)5-17(14)11-6-1-3-15-9(6)10-7(11)2-4-16-10/h1-4,11H,5H2,(H2,12,13). The fourth-order valence-electron chi connectivity index (χ4n) is 2.09. The van der Waals surface area contributed by atoms with E-state index >= 15 is 0 Å². The third-order valence-electron chi connectivity index (χ3n) is 2.71. The summed E-state index contributed by atoms with van der Waals surface area (Å²) in [6.07, 6.45) is 0. The van der Waals surface area contributed by atoms with Crippen LogP contribution < -0.4 is 5.73 Å².